The van der Waals surface area contributed by atoms with Crippen molar-refractivity contribution in [1.82, 2.24) is 9.78 Å². The molecule has 0 saturated carbocycles. The van der Waals surface area contributed by atoms with Crippen LogP contribution in [0, 0.1) is 6.92 Å². The average Bonchev–Trinajstić information content (AvgIpc) is 2.55. The summed E-state index contributed by atoms with van der Waals surface area (Å²) in [5.74, 6) is 1.01. The van der Waals surface area contributed by atoms with Crippen LogP contribution in [-0.2, 0) is 11.8 Å². The third-order valence-electron chi connectivity index (χ3n) is 2.75. The topological polar surface area (TPSA) is 56.3 Å². The van der Waals surface area contributed by atoms with E-state index in [4.69, 9.17) is 22.7 Å². The fourth-order valence-electron chi connectivity index (χ4n) is 2.07. The van der Waals surface area contributed by atoms with E-state index < -0.39 is 0 Å². The van der Waals surface area contributed by atoms with Gasteiger partial charge >= 0.3 is 0 Å². The summed E-state index contributed by atoms with van der Waals surface area (Å²) < 4.78 is 7.18. The Morgan fingerprint density at radius 1 is 1.44 bits per heavy atom. The van der Waals surface area contributed by atoms with Crippen molar-refractivity contribution in [1.29, 1.82) is 0 Å². The van der Waals surface area contributed by atoms with Crippen molar-refractivity contribution in [3.05, 3.63) is 11.3 Å². The van der Waals surface area contributed by atoms with Gasteiger partial charge in [-0.25, -0.2) is 0 Å². The van der Waals surface area contributed by atoms with Crippen LogP contribution in [0.5, 0.6) is 0 Å². The van der Waals surface area contributed by atoms with Gasteiger partial charge in [-0.15, -0.1) is 0 Å². The summed E-state index contributed by atoms with van der Waals surface area (Å²) in [5, 5.41) is 4.37. The number of morpholine rings is 1. The normalized spacial score (nSPS) is 16.5. The first kappa shape index (κ1) is 11.3. The Hall–Kier alpha value is -1.14. The number of rotatable bonds is 2. The van der Waals surface area contributed by atoms with Gasteiger partial charge in [0.25, 0.3) is 0 Å². The highest BCUT2D eigenvalue weighted by atomic mass is 32.1. The van der Waals surface area contributed by atoms with Crippen molar-refractivity contribution in [2.45, 2.75) is 6.92 Å². The number of hydrogen-bond donors (Lipinski definition) is 1. The van der Waals surface area contributed by atoms with E-state index in [1.807, 2.05) is 18.7 Å². The Morgan fingerprint density at radius 2 is 2.06 bits per heavy atom. The summed E-state index contributed by atoms with van der Waals surface area (Å²) in [4.78, 5) is 2.63. The summed E-state index contributed by atoms with van der Waals surface area (Å²) in [6, 6.07) is 0. The number of thiocarbonyl (C=S) groups is 1. The molecule has 1 aromatic rings. The molecule has 0 unspecified atom stereocenters. The maximum Gasteiger partial charge on any atom is 0.137 e. The number of hydrogen-bond acceptors (Lipinski definition) is 4. The second-order valence-corrected chi connectivity index (χ2v) is 4.31. The number of nitrogens with zero attached hydrogens (tertiary/aromatic N) is 3. The molecule has 1 fully saturated rings. The molecule has 0 aliphatic carbocycles. The zero-order valence-corrected chi connectivity index (χ0v) is 10.4. The van der Waals surface area contributed by atoms with E-state index >= 15 is 0 Å². The fourth-order valence-corrected chi connectivity index (χ4v) is 2.31. The molecule has 5 nitrogen and oxygen atoms in total. The van der Waals surface area contributed by atoms with Crippen LogP contribution in [0.3, 0.4) is 0 Å². The smallest absolute Gasteiger partial charge is 0.137 e. The fraction of sp³-hybridized carbons (Fsp3) is 0.600. The van der Waals surface area contributed by atoms with Crippen LogP contribution in [-0.4, -0.2) is 41.1 Å². The van der Waals surface area contributed by atoms with Gasteiger partial charge in [-0.3, -0.25) is 4.68 Å². The van der Waals surface area contributed by atoms with Crippen LogP contribution in [0.15, 0.2) is 0 Å². The molecule has 88 valence electrons. The first-order valence-electron chi connectivity index (χ1n) is 5.27. The predicted molar refractivity (Wildman–Crippen MR) is 66.9 cm³/mol. The first-order valence-corrected chi connectivity index (χ1v) is 5.68. The minimum absolute atomic E-state index is 0.409. The Labute approximate surface area is 100 Å². The Morgan fingerprint density at radius 3 is 2.62 bits per heavy atom. The second kappa shape index (κ2) is 4.39. The molecule has 0 amide bonds. The zero-order valence-electron chi connectivity index (χ0n) is 9.56. The quantitative estimate of drug-likeness (QED) is 0.748. The lowest BCUT2D eigenvalue weighted by atomic mass is 10.2. The number of aromatic nitrogens is 2. The summed E-state index contributed by atoms with van der Waals surface area (Å²) in [6.45, 7) is 5.11. The van der Waals surface area contributed by atoms with E-state index in [1.165, 1.54) is 0 Å². The maximum atomic E-state index is 5.76. The Kier molecular flexibility index (Phi) is 3.11. The van der Waals surface area contributed by atoms with Crippen LogP contribution in [0.1, 0.15) is 11.3 Å². The second-order valence-electron chi connectivity index (χ2n) is 3.87. The van der Waals surface area contributed by atoms with Gasteiger partial charge in [-0.1, -0.05) is 12.2 Å². The van der Waals surface area contributed by atoms with Gasteiger partial charge in [0.05, 0.1) is 24.5 Å². The molecule has 1 aliphatic heterocycles. The van der Waals surface area contributed by atoms with Gasteiger partial charge in [0.15, 0.2) is 0 Å². The van der Waals surface area contributed by atoms with E-state index in [0.29, 0.717) is 4.99 Å². The van der Waals surface area contributed by atoms with Crippen LogP contribution < -0.4 is 10.6 Å². The van der Waals surface area contributed by atoms with Crippen LogP contribution in [0.2, 0.25) is 0 Å². The van der Waals surface area contributed by atoms with E-state index in [2.05, 4.69) is 10.00 Å². The molecule has 2 heterocycles. The van der Waals surface area contributed by atoms with Gasteiger partial charge in [-0.2, -0.15) is 5.10 Å². The molecule has 0 spiro atoms. The van der Waals surface area contributed by atoms with E-state index in [-0.39, 0.29) is 0 Å². The number of ether oxygens (including phenoxy) is 1. The highest BCUT2D eigenvalue weighted by molar-refractivity contribution is 7.80. The first-order chi connectivity index (χ1) is 7.61. The van der Waals surface area contributed by atoms with E-state index in [0.717, 1.165) is 43.4 Å². The van der Waals surface area contributed by atoms with E-state index in [9.17, 15) is 0 Å². The Bertz CT molecular complexity index is 409. The summed E-state index contributed by atoms with van der Waals surface area (Å²) in [5.41, 5.74) is 7.53. The molecule has 0 atom stereocenters. The maximum absolute atomic E-state index is 5.76. The molecule has 16 heavy (non-hydrogen) atoms. The molecule has 0 aromatic carbocycles. The molecule has 1 aromatic heterocycles. The zero-order chi connectivity index (χ0) is 11.7. The van der Waals surface area contributed by atoms with Crippen molar-refractivity contribution in [3.8, 4) is 0 Å². The summed E-state index contributed by atoms with van der Waals surface area (Å²) >= 11 is 5.09. The molecule has 0 radical (unpaired) electrons. The standard InChI is InChI=1S/C10H16N4OS/c1-7-8(9(11)16)10(13(2)12-7)14-3-5-15-6-4-14/h3-6H2,1-2H3,(H2,11,16). The van der Waals surface area contributed by atoms with Crippen LogP contribution in [0.4, 0.5) is 5.82 Å². The number of anilines is 1. The molecule has 0 bridgehead atoms. The lowest BCUT2D eigenvalue weighted by Gasteiger charge is -2.29. The lowest BCUT2D eigenvalue weighted by Crippen LogP contribution is -2.38. The predicted octanol–water partition coefficient (Wildman–Crippen LogP) is 0.199. The van der Waals surface area contributed by atoms with Gasteiger partial charge in [-0.05, 0) is 6.92 Å². The summed E-state index contributed by atoms with van der Waals surface area (Å²) in [7, 11) is 1.92. The largest absolute Gasteiger partial charge is 0.389 e. The number of aryl methyl sites for hydroxylation is 2. The van der Waals surface area contributed by atoms with Gasteiger partial charge in [0.2, 0.25) is 0 Å². The number of nitrogens with two attached hydrogens (primary N) is 1. The van der Waals surface area contributed by atoms with E-state index in [1.54, 1.807) is 0 Å². The van der Waals surface area contributed by atoms with Gasteiger partial charge < -0.3 is 15.4 Å². The average molecular weight is 240 g/mol. The monoisotopic (exact) mass is 240 g/mol. The molecule has 2 N–H and O–H groups in total. The third kappa shape index (κ3) is 1.90. The van der Waals surface area contributed by atoms with Crippen LogP contribution >= 0.6 is 12.2 Å². The van der Waals surface area contributed by atoms with Crippen LogP contribution in [0.25, 0.3) is 0 Å². The third-order valence-corrected chi connectivity index (χ3v) is 2.95. The summed E-state index contributed by atoms with van der Waals surface area (Å²) in [6.07, 6.45) is 0. The molecule has 6 heteroatoms. The molecular formula is C10H16N4OS. The molecule has 1 saturated heterocycles. The highest BCUT2D eigenvalue weighted by Gasteiger charge is 2.22. The minimum atomic E-state index is 0.409. The van der Waals surface area contributed by atoms with Crippen molar-refractivity contribution in [2.75, 3.05) is 31.2 Å². The Balaban J connectivity index is 2.41. The lowest BCUT2D eigenvalue weighted by molar-refractivity contribution is 0.122. The van der Waals surface area contributed by atoms with Crippen molar-refractivity contribution < 1.29 is 4.74 Å². The van der Waals surface area contributed by atoms with Gasteiger partial charge in [0, 0.05) is 20.1 Å². The molecule has 2 rings (SSSR count). The van der Waals surface area contributed by atoms with Crippen molar-refractivity contribution >= 4 is 23.0 Å². The van der Waals surface area contributed by atoms with Crippen molar-refractivity contribution in [2.24, 2.45) is 12.8 Å². The minimum Gasteiger partial charge on any atom is -0.389 e. The van der Waals surface area contributed by atoms with Crippen molar-refractivity contribution in [3.63, 3.8) is 0 Å². The molecule has 1 aliphatic rings. The highest BCUT2D eigenvalue weighted by Crippen LogP contribution is 2.23. The van der Waals surface area contributed by atoms with Gasteiger partial charge in [0.1, 0.15) is 10.8 Å². The molecular weight excluding hydrogens is 224 g/mol. The SMILES string of the molecule is Cc1nn(C)c(N2CCOCC2)c1C(N)=S.